The molecule has 5 nitrogen and oxygen atoms in total. The zero-order valence-corrected chi connectivity index (χ0v) is 26.5. The largest absolute Gasteiger partial charge is 0.497 e. The van der Waals surface area contributed by atoms with Gasteiger partial charge in [0.25, 0.3) is 0 Å². The predicted octanol–water partition coefficient (Wildman–Crippen LogP) is 7.42. The van der Waals surface area contributed by atoms with Gasteiger partial charge < -0.3 is 13.9 Å². The van der Waals surface area contributed by atoms with Gasteiger partial charge in [-0.25, -0.2) is 0 Å². The molecule has 0 amide bonds. The minimum absolute atomic E-state index is 0.0334. The number of rotatable bonds is 12. The van der Waals surface area contributed by atoms with Crippen molar-refractivity contribution in [2.45, 2.75) is 73.1 Å². The predicted molar refractivity (Wildman–Crippen MR) is 164 cm³/mol. The summed E-state index contributed by atoms with van der Waals surface area (Å²) in [6.45, 7) is 16.9. The summed E-state index contributed by atoms with van der Waals surface area (Å²) in [5.74, 6) is 0.870. The number of hydrogen-bond acceptors (Lipinski definition) is 5. The molecule has 40 heavy (non-hydrogen) atoms. The monoisotopic (exact) mass is 560 g/mol. The number of methoxy groups -OCH3 is 1. The Bertz CT molecular complexity index is 1290. The molecule has 3 rings (SSSR count). The third-order valence-corrected chi connectivity index (χ3v) is 12.8. The first-order valence-electron chi connectivity index (χ1n) is 14.0. The standard InChI is InChI=1S/C34H44O5Si/c1-23(2)40(24(3)4,39-21-26-12-10-25(5)11-13-26)29-18-19-31(38-22-32(35)34(6,7)8)30(20-29)33(36)27-14-16-28(37-9)17-15-27/h10-20,23-24H,21-22H2,1-9H3. The molecule has 0 aliphatic rings. The van der Waals surface area contributed by atoms with E-state index < -0.39 is 13.7 Å². The molecule has 0 saturated carbocycles. The second kappa shape index (κ2) is 13.0. The summed E-state index contributed by atoms with van der Waals surface area (Å²) in [7, 11) is -1.01. The Labute approximate surface area is 241 Å². The molecule has 0 aliphatic carbocycles. The first kappa shape index (κ1) is 31.3. The molecule has 0 heterocycles. The summed E-state index contributed by atoms with van der Waals surface area (Å²) in [5, 5.41) is 1.04. The molecule has 0 atom stereocenters. The average Bonchev–Trinajstić information content (AvgIpc) is 2.92. The van der Waals surface area contributed by atoms with Gasteiger partial charge >= 0.3 is 0 Å². The maximum absolute atomic E-state index is 13.9. The highest BCUT2D eigenvalue weighted by Gasteiger charge is 2.44. The zero-order chi connectivity index (χ0) is 29.7. The van der Waals surface area contributed by atoms with Crippen LogP contribution in [-0.4, -0.2) is 33.6 Å². The molecule has 0 unspecified atom stereocenters. The Kier molecular flexibility index (Phi) is 10.1. The number of hydrogen-bond donors (Lipinski definition) is 0. The number of carbonyl (C=O) groups is 2. The van der Waals surface area contributed by atoms with Crippen LogP contribution in [0.1, 0.15) is 75.5 Å². The molecule has 0 aromatic heterocycles. The van der Waals surface area contributed by atoms with Crippen LogP contribution in [0.15, 0.2) is 66.7 Å². The van der Waals surface area contributed by atoms with Crippen LogP contribution in [0.4, 0.5) is 0 Å². The van der Waals surface area contributed by atoms with Crippen LogP contribution in [0.25, 0.3) is 0 Å². The van der Waals surface area contributed by atoms with Crippen LogP contribution in [0.2, 0.25) is 11.1 Å². The van der Waals surface area contributed by atoms with E-state index in [0.29, 0.717) is 29.2 Å². The van der Waals surface area contributed by atoms with Gasteiger partial charge in [-0.05, 0) is 65.2 Å². The van der Waals surface area contributed by atoms with Crippen molar-refractivity contribution in [2.75, 3.05) is 13.7 Å². The van der Waals surface area contributed by atoms with E-state index in [4.69, 9.17) is 13.9 Å². The van der Waals surface area contributed by atoms with Crippen molar-refractivity contribution in [3.63, 3.8) is 0 Å². The molecule has 3 aromatic carbocycles. The van der Waals surface area contributed by atoms with E-state index in [1.165, 1.54) is 5.56 Å². The molecule has 0 bridgehead atoms. The van der Waals surface area contributed by atoms with E-state index in [-0.39, 0.29) is 29.3 Å². The van der Waals surface area contributed by atoms with E-state index in [9.17, 15) is 9.59 Å². The van der Waals surface area contributed by atoms with Gasteiger partial charge in [0.1, 0.15) is 18.1 Å². The first-order chi connectivity index (χ1) is 18.8. The summed E-state index contributed by atoms with van der Waals surface area (Å²) in [5.41, 5.74) is 3.24. The summed E-state index contributed by atoms with van der Waals surface area (Å²) in [6.07, 6.45) is 0. The molecule has 0 N–H and O–H groups in total. The van der Waals surface area contributed by atoms with Crippen LogP contribution in [0.5, 0.6) is 11.5 Å². The second-order valence-corrected chi connectivity index (χ2v) is 16.9. The van der Waals surface area contributed by atoms with Crippen LogP contribution in [0.3, 0.4) is 0 Å². The molecule has 0 saturated heterocycles. The summed E-state index contributed by atoms with van der Waals surface area (Å²) < 4.78 is 18.2. The van der Waals surface area contributed by atoms with Crippen LogP contribution >= 0.6 is 0 Å². The van der Waals surface area contributed by atoms with Crippen molar-refractivity contribution in [2.24, 2.45) is 5.41 Å². The molecule has 3 aromatic rings. The lowest BCUT2D eigenvalue weighted by molar-refractivity contribution is -0.128. The molecular weight excluding hydrogens is 516 g/mol. The van der Waals surface area contributed by atoms with E-state index in [0.717, 1.165) is 10.8 Å². The zero-order valence-electron chi connectivity index (χ0n) is 25.5. The van der Waals surface area contributed by atoms with Crippen molar-refractivity contribution in [1.29, 1.82) is 0 Å². The highest BCUT2D eigenvalue weighted by atomic mass is 28.4. The molecule has 0 aliphatic heterocycles. The fourth-order valence-corrected chi connectivity index (χ4v) is 9.59. The lowest BCUT2D eigenvalue weighted by Crippen LogP contribution is -2.56. The molecule has 214 valence electrons. The lowest BCUT2D eigenvalue weighted by atomic mass is 9.91. The Balaban J connectivity index is 2.09. The quantitative estimate of drug-likeness (QED) is 0.170. The topological polar surface area (TPSA) is 61.8 Å². The van der Waals surface area contributed by atoms with Gasteiger partial charge in [-0.15, -0.1) is 0 Å². The van der Waals surface area contributed by atoms with Gasteiger partial charge in [-0.1, -0.05) is 84.4 Å². The normalized spacial score (nSPS) is 12.1. The van der Waals surface area contributed by atoms with Crippen molar-refractivity contribution in [3.05, 3.63) is 89.0 Å². The number of carbonyl (C=O) groups excluding carboxylic acids is 2. The summed E-state index contributed by atoms with van der Waals surface area (Å²) in [6, 6.07) is 21.3. The SMILES string of the molecule is COc1ccc(C(=O)c2cc([Si](OCc3ccc(C)cc3)(C(C)C)C(C)C)ccc2OCC(=O)C(C)(C)C)cc1. The molecule has 0 radical (unpaired) electrons. The summed E-state index contributed by atoms with van der Waals surface area (Å²) >= 11 is 0. The van der Waals surface area contributed by atoms with Crippen LogP contribution in [-0.2, 0) is 15.8 Å². The van der Waals surface area contributed by atoms with Gasteiger partial charge in [0.05, 0.1) is 19.3 Å². The van der Waals surface area contributed by atoms with E-state index in [1.54, 1.807) is 31.4 Å². The molecule has 6 heteroatoms. The highest BCUT2D eigenvalue weighted by Crippen LogP contribution is 2.36. The number of ketones is 2. The smallest absolute Gasteiger partial charge is 0.229 e. The third kappa shape index (κ3) is 7.10. The van der Waals surface area contributed by atoms with Crippen LogP contribution in [0, 0.1) is 12.3 Å². The van der Waals surface area contributed by atoms with Gasteiger partial charge in [-0.3, -0.25) is 9.59 Å². The number of benzene rings is 3. The second-order valence-electron chi connectivity index (χ2n) is 12.1. The Morgan fingerprint density at radius 1 is 0.850 bits per heavy atom. The number of aryl methyl sites for hydroxylation is 1. The first-order valence-corrected chi connectivity index (χ1v) is 16.0. The van der Waals surface area contributed by atoms with Gasteiger partial charge in [0.15, 0.2) is 11.6 Å². The van der Waals surface area contributed by atoms with E-state index in [1.807, 2.05) is 39.0 Å². The van der Waals surface area contributed by atoms with Crippen LogP contribution < -0.4 is 14.7 Å². The van der Waals surface area contributed by atoms with Crippen molar-refractivity contribution < 1.29 is 23.5 Å². The van der Waals surface area contributed by atoms with Gasteiger partial charge in [0, 0.05) is 11.0 Å². The molecule has 0 spiro atoms. The fraction of sp³-hybridized carbons (Fsp3) is 0.412. The number of Topliss-reactive ketones (excluding diaryl/α,β-unsaturated/α-hetero) is 1. The maximum atomic E-state index is 13.9. The fourth-order valence-electron chi connectivity index (χ4n) is 4.97. The van der Waals surface area contributed by atoms with Crippen molar-refractivity contribution >= 4 is 25.1 Å². The Hall–Kier alpha value is -3.22. The Morgan fingerprint density at radius 2 is 1.45 bits per heavy atom. The third-order valence-electron chi connectivity index (χ3n) is 7.54. The highest BCUT2D eigenvalue weighted by molar-refractivity contribution is 6.88. The molecule has 0 fully saturated rings. The van der Waals surface area contributed by atoms with E-state index >= 15 is 0 Å². The van der Waals surface area contributed by atoms with Crippen molar-refractivity contribution in [1.82, 2.24) is 0 Å². The number of ether oxygens (including phenoxy) is 2. The minimum atomic E-state index is -2.61. The minimum Gasteiger partial charge on any atom is -0.497 e. The van der Waals surface area contributed by atoms with Gasteiger partial charge in [0.2, 0.25) is 8.32 Å². The molecular formula is C34H44O5Si. The van der Waals surface area contributed by atoms with Crippen molar-refractivity contribution in [3.8, 4) is 11.5 Å². The summed E-state index contributed by atoms with van der Waals surface area (Å²) in [4.78, 5) is 26.6. The van der Waals surface area contributed by atoms with Gasteiger partial charge in [-0.2, -0.15) is 0 Å². The maximum Gasteiger partial charge on any atom is 0.229 e. The Morgan fingerprint density at radius 3 is 1.98 bits per heavy atom. The average molecular weight is 561 g/mol. The lowest BCUT2D eigenvalue weighted by Gasteiger charge is -2.39. The van der Waals surface area contributed by atoms with E-state index in [2.05, 4.69) is 58.9 Å².